The molecule has 17 rings (SSSR count). The van der Waals surface area contributed by atoms with E-state index >= 15 is 0 Å². The monoisotopic (exact) mass is 925 g/mol. The summed E-state index contributed by atoms with van der Waals surface area (Å²) in [5, 5.41) is 5.12. The fourth-order valence-electron chi connectivity index (χ4n) is 13.7. The van der Waals surface area contributed by atoms with Crippen LogP contribution in [0.25, 0.3) is 38.1 Å². The maximum atomic E-state index is 2.62. The molecule has 0 N–H and O–H groups in total. The lowest BCUT2D eigenvalue weighted by molar-refractivity contribution is 1.25. The van der Waals surface area contributed by atoms with E-state index in [9.17, 15) is 0 Å². The van der Waals surface area contributed by atoms with Gasteiger partial charge in [0.2, 0.25) is 0 Å². The summed E-state index contributed by atoms with van der Waals surface area (Å²) >= 11 is 0. The molecule has 2 aromatic heterocycles. The first-order chi connectivity index (χ1) is 36.3. The first kappa shape index (κ1) is 39.3. The number of hydrogen-bond acceptors (Lipinski definition) is 4. The lowest BCUT2D eigenvalue weighted by Crippen LogP contribution is -2.61. The molecule has 5 nitrogen and oxygen atoms in total. The highest BCUT2D eigenvalue weighted by Gasteiger charge is 2.46. The lowest BCUT2D eigenvalue weighted by atomic mass is 9.33. The highest BCUT2D eigenvalue weighted by atomic mass is 15.2. The van der Waals surface area contributed by atoms with E-state index in [1.165, 1.54) is 116 Å². The van der Waals surface area contributed by atoms with Crippen molar-refractivity contribution in [1.29, 1.82) is 0 Å². The molecule has 0 aliphatic carbocycles. The van der Waals surface area contributed by atoms with Crippen LogP contribution in [0.4, 0.5) is 68.2 Å². The van der Waals surface area contributed by atoms with Gasteiger partial charge in [-0.3, -0.25) is 0 Å². The molecule has 13 aromatic rings. The molecule has 336 valence electrons. The Morgan fingerprint density at radius 3 is 1.21 bits per heavy atom. The number of benzene rings is 11. The van der Waals surface area contributed by atoms with Crippen LogP contribution in [0.3, 0.4) is 0 Å². The van der Waals surface area contributed by atoms with Crippen molar-refractivity contribution in [3.05, 3.63) is 249 Å². The largest absolute Gasteiger partial charge is 0.311 e. The van der Waals surface area contributed by atoms with Crippen molar-refractivity contribution in [2.75, 3.05) is 19.6 Å². The average molecular weight is 926 g/mol. The van der Waals surface area contributed by atoms with Crippen LogP contribution >= 0.6 is 0 Å². The van der Waals surface area contributed by atoms with Crippen LogP contribution in [0.2, 0.25) is 0 Å². The van der Waals surface area contributed by atoms with Crippen LogP contribution < -0.4 is 52.4 Å². The van der Waals surface area contributed by atoms with Gasteiger partial charge >= 0.3 is 0 Å². The predicted octanol–water partition coefficient (Wildman–Crippen LogP) is 13.0. The Morgan fingerprint density at radius 2 is 0.658 bits per heavy atom. The van der Waals surface area contributed by atoms with Crippen LogP contribution in [0.1, 0.15) is 0 Å². The minimum Gasteiger partial charge on any atom is -0.311 e. The summed E-state index contributed by atoms with van der Waals surface area (Å²) in [6, 6.07) is 92.6. The zero-order chi connectivity index (χ0) is 47.5. The van der Waals surface area contributed by atoms with Crippen molar-refractivity contribution in [3.63, 3.8) is 0 Å². The third kappa shape index (κ3) is 5.12. The fourth-order valence-corrected chi connectivity index (χ4v) is 13.7. The van der Waals surface area contributed by atoms with Gasteiger partial charge in [0.1, 0.15) is 0 Å². The van der Waals surface area contributed by atoms with Gasteiger partial charge in [-0.25, -0.2) is 0 Å². The average Bonchev–Trinajstić information content (AvgIpc) is 3.98. The van der Waals surface area contributed by atoms with Gasteiger partial charge in [0.25, 0.3) is 13.4 Å². The van der Waals surface area contributed by atoms with Gasteiger partial charge in [0, 0.05) is 89.8 Å². The summed E-state index contributed by atoms with van der Waals surface area (Å²) < 4.78 is 2.62. The molecule has 0 radical (unpaired) electrons. The third-order valence-electron chi connectivity index (χ3n) is 16.4. The highest BCUT2D eigenvalue weighted by Crippen LogP contribution is 2.49. The Hall–Kier alpha value is -9.45. The van der Waals surface area contributed by atoms with Gasteiger partial charge < -0.3 is 24.0 Å². The van der Waals surface area contributed by atoms with Crippen molar-refractivity contribution in [1.82, 2.24) is 4.40 Å². The number of fused-ring (bicyclic) bond motifs is 15. The fraction of sp³-hybridized carbons (Fsp3) is 0. The minimum absolute atomic E-state index is 0.00272. The first-order valence-electron chi connectivity index (χ1n) is 25.4. The van der Waals surface area contributed by atoms with Gasteiger partial charge in [-0.1, -0.05) is 140 Å². The summed E-state index contributed by atoms with van der Waals surface area (Å²) in [5.41, 5.74) is 26.0. The molecule has 0 amide bonds. The second-order valence-corrected chi connectivity index (χ2v) is 19.9. The van der Waals surface area contributed by atoms with Crippen molar-refractivity contribution in [3.8, 4) is 0 Å². The van der Waals surface area contributed by atoms with E-state index in [2.05, 4.69) is 273 Å². The van der Waals surface area contributed by atoms with E-state index in [1.54, 1.807) is 0 Å². The number of nitrogens with zero attached hydrogens (tertiary/aromatic N) is 5. The quantitative estimate of drug-likeness (QED) is 0.164. The van der Waals surface area contributed by atoms with E-state index in [0.717, 1.165) is 22.7 Å². The third-order valence-corrected chi connectivity index (χ3v) is 16.4. The molecule has 0 saturated heterocycles. The van der Waals surface area contributed by atoms with Crippen molar-refractivity contribution in [2.45, 2.75) is 0 Å². The van der Waals surface area contributed by atoms with Gasteiger partial charge in [-0.05, 0) is 142 Å². The summed E-state index contributed by atoms with van der Waals surface area (Å²) in [5.74, 6) is 0. The minimum atomic E-state index is -0.0215. The van der Waals surface area contributed by atoms with Crippen molar-refractivity contribution < 1.29 is 0 Å². The zero-order valence-corrected chi connectivity index (χ0v) is 39.6. The SMILES string of the molecule is c1ccc(N2c3ccccc3B3c4cc5c(cc4N(c4ccccc4)c4cccc2c43)c2cccc3c4c6c(ccc4n5c23)N(c2ccccc2)c2cccc3c2B6c2ccccc2N3c2ccccc2)cc1. The lowest BCUT2D eigenvalue weighted by Gasteiger charge is -2.44. The molecule has 6 heterocycles. The zero-order valence-electron chi connectivity index (χ0n) is 39.6. The number of anilines is 12. The van der Waals surface area contributed by atoms with Crippen LogP contribution in [0, 0.1) is 0 Å². The molecule has 0 fully saturated rings. The van der Waals surface area contributed by atoms with E-state index in [-0.39, 0.29) is 13.4 Å². The van der Waals surface area contributed by atoms with Gasteiger partial charge in [-0.15, -0.1) is 0 Å². The van der Waals surface area contributed by atoms with Gasteiger partial charge in [0.15, 0.2) is 0 Å². The molecule has 4 aliphatic heterocycles. The molecule has 11 aromatic carbocycles. The summed E-state index contributed by atoms with van der Waals surface area (Å²) in [6.45, 7) is -0.0242. The van der Waals surface area contributed by atoms with Crippen LogP contribution in [0.15, 0.2) is 249 Å². The Morgan fingerprint density at radius 1 is 0.247 bits per heavy atom. The molecule has 73 heavy (non-hydrogen) atoms. The molecule has 0 atom stereocenters. The Labute approximate surface area is 423 Å². The number of hydrogen-bond donors (Lipinski definition) is 0. The topological polar surface area (TPSA) is 17.4 Å². The normalized spacial score (nSPS) is 13.9. The predicted molar refractivity (Wildman–Crippen MR) is 309 cm³/mol. The van der Waals surface area contributed by atoms with Crippen molar-refractivity contribution in [2.24, 2.45) is 0 Å². The van der Waals surface area contributed by atoms with E-state index in [0.29, 0.717) is 0 Å². The van der Waals surface area contributed by atoms with E-state index in [1.807, 2.05) is 0 Å². The molecule has 0 unspecified atom stereocenters. The molecule has 4 aliphatic rings. The van der Waals surface area contributed by atoms with E-state index < -0.39 is 0 Å². The molecular weight excluding hydrogens is 884 g/mol. The van der Waals surface area contributed by atoms with Gasteiger partial charge in [-0.2, -0.15) is 0 Å². The smallest absolute Gasteiger partial charge is 0.253 e. The Kier molecular flexibility index (Phi) is 7.84. The second kappa shape index (κ2) is 14.6. The molecule has 0 spiro atoms. The highest BCUT2D eigenvalue weighted by molar-refractivity contribution is 7.02. The van der Waals surface area contributed by atoms with Crippen LogP contribution in [-0.4, -0.2) is 17.8 Å². The van der Waals surface area contributed by atoms with Crippen LogP contribution in [0.5, 0.6) is 0 Å². The summed E-state index contributed by atoms with van der Waals surface area (Å²) in [7, 11) is 0. The van der Waals surface area contributed by atoms with E-state index in [4.69, 9.17) is 0 Å². The Balaban J connectivity index is 0.977. The summed E-state index contributed by atoms with van der Waals surface area (Å²) in [4.78, 5) is 10.0. The maximum Gasteiger partial charge on any atom is 0.253 e. The van der Waals surface area contributed by atoms with Gasteiger partial charge in [0.05, 0.1) is 16.6 Å². The number of aromatic nitrogens is 1. The molecular formula is C66H41B2N5. The first-order valence-corrected chi connectivity index (χ1v) is 25.4. The molecule has 7 heteroatoms. The Bertz CT molecular complexity index is 4350. The molecule has 0 saturated carbocycles. The second-order valence-electron chi connectivity index (χ2n) is 19.9. The maximum absolute atomic E-state index is 2.62. The van der Waals surface area contributed by atoms with Crippen molar-refractivity contribution >= 4 is 153 Å². The molecule has 0 bridgehead atoms. The standard InChI is InChI=1S/C66H41B2N5/c1-5-20-42(21-6-1)69-52-32-15-13-30-49(52)67-51-41-60-48(40-61(51)72(45-26-11-4-12-27-45)56-35-18-34-55(69)63(56)67)46-28-17-29-47-62-54(73(60)66(46)47)38-39-59-65(62)68-50-31-14-16-33-53(50)70(43-22-7-2-8-23-43)57-36-19-37-58(64(57)68)71(59)44-24-9-3-10-25-44/h1-41H. The number of rotatable bonds is 4. The number of para-hydroxylation sites is 7. The van der Waals surface area contributed by atoms with Crippen LogP contribution in [-0.2, 0) is 0 Å². The summed E-state index contributed by atoms with van der Waals surface area (Å²) in [6.07, 6.45) is 0.